The molecule has 0 radical (unpaired) electrons. The van der Waals surface area contributed by atoms with Crippen LogP contribution in [-0.4, -0.2) is 20.6 Å². The summed E-state index contributed by atoms with van der Waals surface area (Å²) in [6, 6.07) is 13.4. The van der Waals surface area contributed by atoms with Crippen LogP contribution < -0.4 is 10.1 Å². The standard InChI is InChI=1S/C21H14Cl2N4O5/c22-13-2-4-19(18(23)8-13)32-17-10-14(9-15(11-17)27(29)30)25-21(28)20-5-3-16(31-20)12-26-7-1-6-24-26/h1-11H,12H2,(H,25,28). The molecule has 4 aromatic rings. The van der Waals surface area contributed by atoms with Crippen LogP contribution in [0.25, 0.3) is 0 Å². The maximum atomic E-state index is 12.6. The molecule has 2 aromatic heterocycles. The molecule has 1 amide bonds. The number of hydrogen-bond acceptors (Lipinski definition) is 6. The Labute approximate surface area is 191 Å². The molecule has 32 heavy (non-hydrogen) atoms. The number of hydrogen-bond donors (Lipinski definition) is 1. The first-order valence-electron chi connectivity index (χ1n) is 9.17. The van der Waals surface area contributed by atoms with Gasteiger partial charge in [-0.15, -0.1) is 0 Å². The van der Waals surface area contributed by atoms with Crippen molar-refractivity contribution >= 4 is 40.5 Å². The summed E-state index contributed by atoms with van der Waals surface area (Å²) in [6.07, 6.45) is 3.40. The van der Waals surface area contributed by atoms with E-state index in [1.54, 1.807) is 35.3 Å². The molecule has 0 fully saturated rings. The summed E-state index contributed by atoms with van der Waals surface area (Å²) in [5.41, 5.74) is -0.129. The van der Waals surface area contributed by atoms with Gasteiger partial charge in [0.05, 0.1) is 28.2 Å². The molecule has 1 N–H and O–H groups in total. The number of rotatable bonds is 7. The summed E-state index contributed by atoms with van der Waals surface area (Å²) in [6.45, 7) is 0.358. The van der Waals surface area contributed by atoms with Crippen molar-refractivity contribution in [2.24, 2.45) is 0 Å². The summed E-state index contributed by atoms with van der Waals surface area (Å²) in [4.78, 5) is 23.3. The van der Waals surface area contributed by atoms with Crippen LogP contribution in [0.5, 0.6) is 11.5 Å². The van der Waals surface area contributed by atoms with Gasteiger partial charge in [0, 0.05) is 29.5 Å². The van der Waals surface area contributed by atoms with Crippen molar-refractivity contribution < 1.29 is 18.9 Å². The number of aromatic nitrogens is 2. The van der Waals surface area contributed by atoms with Crippen molar-refractivity contribution in [3.63, 3.8) is 0 Å². The number of non-ortho nitro benzene ring substituents is 1. The molecule has 9 nitrogen and oxygen atoms in total. The van der Waals surface area contributed by atoms with Gasteiger partial charge in [-0.2, -0.15) is 5.10 Å². The average Bonchev–Trinajstić information content (AvgIpc) is 3.42. The van der Waals surface area contributed by atoms with Crippen LogP contribution in [0.15, 0.2) is 71.4 Å². The van der Waals surface area contributed by atoms with Crippen molar-refractivity contribution in [2.75, 3.05) is 5.32 Å². The lowest BCUT2D eigenvalue weighted by atomic mass is 10.2. The summed E-state index contributed by atoms with van der Waals surface area (Å²) < 4.78 is 12.9. The quantitative estimate of drug-likeness (QED) is 0.269. The Bertz CT molecular complexity index is 1290. The fraction of sp³-hybridized carbons (Fsp3) is 0.0476. The lowest BCUT2D eigenvalue weighted by Gasteiger charge is -2.10. The zero-order valence-electron chi connectivity index (χ0n) is 16.2. The predicted molar refractivity (Wildman–Crippen MR) is 118 cm³/mol. The Kier molecular flexibility index (Phi) is 6.11. The molecule has 162 valence electrons. The summed E-state index contributed by atoms with van der Waals surface area (Å²) >= 11 is 12.0. The van der Waals surface area contributed by atoms with Crippen LogP contribution in [-0.2, 0) is 6.54 Å². The zero-order valence-corrected chi connectivity index (χ0v) is 17.7. The van der Waals surface area contributed by atoms with Gasteiger partial charge in [0.25, 0.3) is 11.6 Å². The maximum Gasteiger partial charge on any atom is 0.291 e. The van der Waals surface area contributed by atoms with Gasteiger partial charge in [-0.3, -0.25) is 19.6 Å². The van der Waals surface area contributed by atoms with Gasteiger partial charge in [-0.05, 0) is 36.4 Å². The van der Waals surface area contributed by atoms with Crippen LogP contribution in [0, 0.1) is 10.1 Å². The first-order chi connectivity index (χ1) is 15.4. The van der Waals surface area contributed by atoms with E-state index in [-0.39, 0.29) is 33.7 Å². The van der Waals surface area contributed by atoms with Gasteiger partial charge in [0.1, 0.15) is 17.3 Å². The first kappa shape index (κ1) is 21.4. The van der Waals surface area contributed by atoms with Crippen LogP contribution in [0.4, 0.5) is 11.4 Å². The number of nitrogens with zero attached hydrogens (tertiary/aromatic N) is 3. The molecule has 11 heteroatoms. The molecule has 0 bridgehead atoms. The highest BCUT2D eigenvalue weighted by molar-refractivity contribution is 6.35. The van der Waals surface area contributed by atoms with Crippen LogP contribution in [0.1, 0.15) is 16.3 Å². The lowest BCUT2D eigenvalue weighted by molar-refractivity contribution is -0.384. The number of furan rings is 1. The molecule has 0 spiro atoms. The fourth-order valence-corrected chi connectivity index (χ4v) is 3.28. The van der Waals surface area contributed by atoms with Gasteiger partial charge < -0.3 is 14.5 Å². The number of ether oxygens (including phenoxy) is 1. The van der Waals surface area contributed by atoms with Crippen LogP contribution >= 0.6 is 23.2 Å². The van der Waals surface area contributed by atoms with E-state index < -0.39 is 10.8 Å². The molecular formula is C21H14Cl2N4O5. The maximum absolute atomic E-state index is 12.6. The number of amides is 1. The molecule has 0 atom stereocenters. The second-order valence-electron chi connectivity index (χ2n) is 6.57. The number of carbonyl (C=O) groups is 1. The molecular weight excluding hydrogens is 459 g/mol. The molecule has 2 heterocycles. The number of halogens is 2. The minimum Gasteiger partial charge on any atom is -0.455 e. The molecule has 0 aliphatic heterocycles. The third kappa shape index (κ3) is 5.08. The number of anilines is 1. The van der Waals surface area contributed by atoms with Gasteiger partial charge >= 0.3 is 0 Å². The molecule has 0 saturated heterocycles. The fourth-order valence-electron chi connectivity index (χ4n) is 2.84. The topological polar surface area (TPSA) is 112 Å². The van der Waals surface area contributed by atoms with Crippen molar-refractivity contribution in [2.45, 2.75) is 6.54 Å². The zero-order chi connectivity index (χ0) is 22.7. The summed E-state index contributed by atoms with van der Waals surface area (Å²) in [7, 11) is 0. The number of nitro groups is 1. The van der Waals surface area contributed by atoms with E-state index in [2.05, 4.69) is 10.4 Å². The number of nitro benzene ring substituents is 1. The van der Waals surface area contributed by atoms with Crippen molar-refractivity contribution in [3.8, 4) is 11.5 Å². The highest BCUT2D eigenvalue weighted by atomic mass is 35.5. The average molecular weight is 473 g/mol. The van der Waals surface area contributed by atoms with Gasteiger partial charge in [0.2, 0.25) is 0 Å². The molecule has 0 unspecified atom stereocenters. The Morgan fingerprint density at radius 3 is 2.75 bits per heavy atom. The number of carbonyl (C=O) groups excluding carboxylic acids is 1. The Morgan fingerprint density at radius 1 is 1.19 bits per heavy atom. The molecule has 0 aliphatic rings. The Hall–Kier alpha value is -3.82. The van der Waals surface area contributed by atoms with Crippen LogP contribution in [0.3, 0.4) is 0 Å². The predicted octanol–water partition coefficient (Wildman–Crippen LogP) is 5.78. The SMILES string of the molecule is O=C(Nc1cc(Oc2ccc(Cl)cc2Cl)cc([N+](=O)[O-])c1)c1ccc(Cn2cccn2)o1. The monoisotopic (exact) mass is 472 g/mol. The minimum atomic E-state index is -0.596. The molecule has 4 rings (SSSR count). The highest BCUT2D eigenvalue weighted by Crippen LogP contribution is 2.34. The van der Waals surface area contributed by atoms with E-state index in [1.807, 2.05) is 0 Å². The van der Waals surface area contributed by atoms with Crippen LogP contribution in [0.2, 0.25) is 10.0 Å². The van der Waals surface area contributed by atoms with Gasteiger partial charge in [0.15, 0.2) is 5.76 Å². The molecule has 0 saturated carbocycles. The summed E-state index contributed by atoms with van der Waals surface area (Å²) in [5, 5.41) is 18.7. The third-order valence-corrected chi connectivity index (χ3v) is 4.77. The first-order valence-corrected chi connectivity index (χ1v) is 9.93. The van der Waals surface area contributed by atoms with Gasteiger partial charge in [-0.1, -0.05) is 23.2 Å². The number of nitrogens with one attached hydrogen (secondary N) is 1. The van der Waals surface area contributed by atoms with E-state index in [0.717, 1.165) is 0 Å². The van der Waals surface area contributed by atoms with Crippen molar-refractivity contribution in [1.82, 2.24) is 9.78 Å². The Balaban J connectivity index is 1.54. The molecule has 2 aromatic carbocycles. The normalized spacial score (nSPS) is 10.7. The van der Waals surface area contributed by atoms with E-state index in [9.17, 15) is 14.9 Å². The Morgan fingerprint density at radius 2 is 2.03 bits per heavy atom. The van der Waals surface area contributed by atoms with Gasteiger partial charge in [-0.25, -0.2) is 0 Å². The largest absolute Gasteiger partial charge is 0.455 e. The highest BCUT2D eigenvalue weighted by Gasteiger charge is 2.17. The molecule has 0 aliphatic carbocycles. The second kappa shape index (κ2) is 9.13. The van der Waals surface area contributed by atoms with E-state index >= 15 is 0 Å². The smallest absolute Gasteiger partial charge is 0.291 e. The van der Waals surface area contributed by atoms with E-state index in [4.69, 9.17) is 32.4 Å². The second-order valence-corrected chi connectivity index (χ2v) is 7.42. The third-order valence-electron chi connectivity index (χ3n) is 4.24. The number of benzene rings is 2. The van der Waals surface area contributed by atoms with E-state index in [0.29, 0.717) is 17.3 Å². The van der Waals surface area contributed by atoms with E-state index in [1.165, 1.54) is 36.4 Å². The van der Waals surface area contributed by atoms with Crippen molar-refractivity contribution in [3.05, 3.63) is 98.7 Å². The summed E-state index contributed by atoms with van der Waals surface area (Å²) in [5.74, 6) is 0.356. The lowest BCUT2D eigenvalue weighted by Crippen LogP contribution is -2.11. The van der Waals surface area contributed by atoms with Crippen molar-refractivity contribution in [1.29, 1.82) is 0 Å². The minimum absolute atomic E-state index is 0.0434.